The molecule has 4 aromatic rings. The van der Waals surface area contributed by atoms with Crippen LogP contribution in [0.2, 0.25) is 0 Å². The summed E-state index contributed by atoms with van der Waals surface area (Å²) in [6, 6.07) is 19.1. The largest absolute Gasteiger partial charge is 0.325 e. The van der Waals surface area contributed by atoms with E-state index < -0.39 is 5.82 Å². The second kappa shape index (κ2) is 9.15. The number of para-hydroxylation sites is 1. The number of fused-ring (bicyclic) bond motifs is 1. The fourth-order valence-corrected chi connectivity index (χ4v) is 3.98. The first-order chi connectivity index (χ1) is 15.4. The molecule has 32 heavy (non-hydrogen) atoms. The van der Waals surface area contributed by atoms with Gasteiger partial charge < -0.3 is 5.32 Å². The minimum atomic E-state index is -0.420. The van der Waals surface area contributed by atoms with Gasteiger partial charge in [0.25, 0.3) is 5.56 Å². The zero-order valence-corrected chi connectivity index (χ0v) is 17.9. The highest BCUT2D eigenvalue weighted by atomic mass is 32.2. The van der Waals surface area contributed by atoms with Gasteiger partial charge in [-0.25, -0.2) is 9.37 Å². The van der Waals surface area contributed by atoms with Gasteiger partial charge in [0, 0.05) is 11.3 Å². The first kappa shape index (κ1) is 21.5. The number of rotatable bonds is 6. The fourth-order valence-electron chi connectivity index (χ4n) is 3.17. The van der Waals surface area contributed by atoms with Gasteiger partial charge in [-0.1, -0.05) is 36.0 Å². The quantitative estimate of drug-likeness (QED) is 0.268. The Morgan fingerprint density at radius 3 is 2.53 bits per heavy atom. The molecule has 0 saturated heterocycles. The molecule has 3 aromatic carbocycles. The number of carbonyl (C=O) groups excluding carboxylic acids is 2. The highest BCUT2D eigenvalue weighted by Gasteiger charge is 2.15. The fraction of sp³-hybridized carbons (Fsp3) is 0.0833. The van der Waals surface area contributed by atoms with Gasteiger partial charge in [-0.3, -0.25) is 19.0 Å². The number of ketones is 1. The van der Waals surface area contributed by atoms with Crippen molar-refractivity contribution in [1.29, 1.82) is 0 Å². The molecular formula is C24H18FN3O3S. The number of carbonyl (C=O) groups is 2. The average molecular weight is 447 g/mol. The third kappa shape index (κ3) is 4.60. The molecule has 6 nitrogen and oxygen atoms in total. The lowest BCUT2D eigenvalue weighted by atomic mass is 10.1. The van der Waals surface area contributed by atoms with E-state index in [4.69, 9.17) is 0 Å². The Bertz CT molecular complexity index is 1380. The van der Waals surface area contributed by atoms with Crippen LogP contribution in [0.1, 0.15) is 17.3 Å². The molecule has 0 spiro atoms. The zero-order valence-electron chi connectivity index (χ0n) is 17.0. The van der Waals surface area contributed by atoms with E-state index in [-0.39, 0.29) is 23.0 Å². The third-order valence-corrected chi connectivity index (χ3v) is 5.65. The molecule has 0 bridgehead atoms. The monoisotopic (exact) mass is 447 g/mol. The minimum absolute atomic E-state index is 0.0176. The van der Waals surface area contributed by atoms with Crippen LogP contribution in [0.5, 0.6) is 0 Å². The summed E-state index contributed by atoms with van der Waals surface area (Å²) < 4.78 is 14.8. The Morgan fingerprint density at radius 1 is 1.03 bits per heavy atom. The number of nitrogens with zero attached hydrogens (tertiary/aromatic N) is 2. The summed E-state index contributed by atoms with van der Waals surface area (Å²) in [4.78, 5) is 41.8. The molecule has 0 aliphatic rings. The van der Waals surface area contributed by atoms with E-state index in [0.717, 1.165) is 11.8 Å². The van der Waals surface area contributed by atoms with E-state index in [9.17, 15) is 18.8 Å². The van der Waals surface area contributed by atoms with Gasteiger partial charge in [-0.15, -0.1) is 0 Å². The van der Waals surface area contributed by atoms with Crippen LogP contribution < -0.4 is 10.9 Å². The van der Waals surface area contributed by atoms with Gasteiger partial charge in [0.2, 0.25) is 5.91 Å². The molecule has 0 unspecified atom stereocenters. The van der Waals surface area contributed by atoms with E-state index in [0.29, 0.717) is 33.0 Å². The second-order valence-electron chi connectivity index (χ2n) is 7.00. The summed E-state index contributed by atoms with van der Waals surface area (Å²) in [7, 11) is 0. The number of nitrogens with one attached hydrogen (secondary N) is 1. The Morgan fingerprint density at radius 2 is 1.78 bits per heavy atom. The number of thioether (sulfide) groups is 1. The van der Waals surface area contributed by atoms with Gasteiger partial charge in [-0.05, 0) is 55.5 Å². The van der Waals surface area contributed by atoms with E-state index in [1.807, 2.05) is 0 Å². The summed E-state index contributed by atoms with van der Waals surface area (Å²) in [5.74, 6) is -0.851. The van der Waals surface area contributed by atoms with E-state index in [1.54, 1.807) is 48.5 Å². The van der Waals surface area contributed by atoms with Crippen molar-refractivity contribution in [1.82, 2.24) is 9.55 Å². The molecule has 1 aromatic heterocycles. The number of amides is 1. The summed E-state index contributed by atoms with van der Waals surface area (Å²) in [6.07, 6.45) is 0. The van der Waals surface area contributed by atoms with Crippen LogP contribution in [-0.2, 0) is 4.79 Å². The number of benzene rings is 3. The highest BCUT2D eigenvalue weighted by molar-refractivity contribution is 7.99. The van der Waals surface area contributed by atoms with Crippen molar-refractivity contribution in [3.05, 3.63) is 94.5 Å². The van der Waals surface area contributed by atoms with Crippen molar-refractivity contribution in [2.24, 2.45) is 0 Å². The molecule has 1 amide bonds. The standard InChI is InChI=1S/C24H18FN3O3S/c1-15(29)16-5-4-6-18(13-16)26-22(30)14-32-24-27-21-8-3-2-7-20(21)23(31)28(24)19-11-9-17(25)10-12-19/h2-13H,14H2,1H3,(H,26,30). The number of anilines is 1. The van der Waals surface area contributed by atoms with Crippen LogP contribution in [-0.4, -0.2) is 27.0 Å². The highest BCUT2D eigenvalue weighted by Crippen LogP contribution is 2.22. The number of halogens is 1. The Hall–Kier alpha value is -3.78. The van der Waals surface area contributed by atoms with Crippen molar-refractivity contribution in [2.45, 2.75) is 12.1 Å². The summed E-state index contributed by atoms with van der Waals surface area (Å²) >= 11 is 1.09. The molecule has 1 heterocycles. The zero-order chi connectivity index (χ0) is 22.7. The molecule has 4 rings (SSSR count). The van der Waals surface area contributed by atoms with Crippen molar-refractivity contribution in [2.75, 3.05) is 11.1 Å². The topological polar surface area (TPSA) is 81.1 Å². The Labute approximate surface area is 187 Å². The van der Waals surface area contributed by atoms with Gasteiger partial charge in [0.05, 0.1) is 22.3 Å². The lowest BCUT2D eigenvalue weighted by Crippen LogP contribution is -2.23. The van der Waals surface area contributed by atoms with Crippen LogP contribution in [0.15, 0.2) is 82.7 Å². The number of aromatic nitrogens is 2. The van der Waals surface area contributed by atoms with E-state index in [1.165, 1.54) is 35.8 Å². The normalized spacial score (nSPS) is 10.8. The maximum absolute atomic E-state index is 13.4. The predicted octanol–water partition coefficient (Wildman–Crippen LogP) is 4.46. The van der Waals surface area contributed by atoms with Crippen LogP contribution >= 0.6 is 11.8 Å². The lowest BCUT2D eigenvalue weighted by Gasteiger charge is -2.13. The van der Waals surface area contributed by atoms with Gasteiger partial charge in [-0.2, -0.15) is 0 Å². The number of hydrogen-bond acceptors (Lipinski definition) is 5. The average Bonchev–Trinajstić information content (AvgIpc) is 2.79. The predicted molar refractivity (Wildman–Crippen MR) is 123 cm³/mol. The van der Waals surface area contributed by atoms with Crippen LogP contribution in [0.4, 0.5) is 10.1 Å². The Kier molecular flexibility index (Phi) is 6.13. The van der Waals surface area contributed by atoms with Gasteiger partial charge in [0.1, 0.15) is 5.82 Å². The van der Waals surface area contributed by atoms with Crippen LogP contribution in [0, 0.1) is 5.82 Å². The van der Waals surface area contributed by atoms with E-state index in [2.05, 4.69) is 10.3 Å². The molecular weight excluding hydrogens is 429 g/mol. The smallest absolute Gasteiger partial charge is 0.266 e. The van der Waals surface area contributed by atoms with Gasteiger partial charge >= 0.3 is 0 Å². The third-order valence-electron chi connectivity index (χ3n) is 4.71. The molecule has 0 aliphatic heterocycles. The van der Waals surface area contributed by atoms with Gasteiger partial charge in [0.15, 0.2) is 10.9 Å². The number of Topliss-reactive ketones (excluding diaryl/α,β-unsaturated/α-hetero) is 1. The summed E-state index contributed by atoms with van der Waals surface area (Å²) in [6.45, 7) is 1.46. The Balaban J connectivity index is 1.63. The van der Waals surface area contributed by atoms with Crippen LogP contribution in [0.25, 0.3) is 16.6 Å². The maximum atomic E-state index is 13.4. The second-order valence-corrected chi connectivity index (χ2v) is 7.94. The maximum Gasteiger partial charge on any atom is 0.266 e. The lowest BCUT2D eigenvalue weighted by molar-refractivity contribution is -0.113. The molecule has 1 N–H and O–H groups in total. The van der Waals surface area contributed by atoms with Crippen molar-refractivity contribution in [3.63, 3.8) is 0 Å². The minimum Gasteiger partial charge on any atom is -0.325 e. The SMILES string of the molecule is CC(=O)c1cccc(NC(=O)CSc2nc3ccccc3c(=O)n2-c2ccc(F)cc2)c1. The molecule has 160 valence electrons. The molecule has 0 saturated carbocycles. The van der Waals surface area contributed by atoms with Crippen molar-refractivity contribution < 1.29 is 14.0 Å². The first-order valence-corrected chi connectivity index (χ1v) is 10.7. The summed E-state index contributed by atoms with van der Waals surface area (Å²) in [5, 5.41) is 3.48. The first-order valence-electron chi connectivity index (χ1n) is 9.74. The van der Waals surface area contributed by atoms with Crippen molar-refractivity contribution in [3.8, 4) is 5.69 Å². The van der Waals surface area contributed by atoms with E-state index >= 15 is 0 Å². The molecule has 8 heteroatoms. The molecule has 0 aliphatic carbocycles. The van der Waals surface area contributed by atoms with Crippen LogP contribution in [0.3, 0.4) is 0 Å². The molecule has 0 fully saturated rings. The number of hydrogen-bond donors (Lipinski definition) is 1. The molecule has 0 atom stereocenters. The summed E-state index contributed by atoms with van der Waals surface area (Å²) in [5.41, 5.74) is 1.65. The molecule has 0 radical (unpaired) electrons. The van der Waals surface area contributed by atoms with Crippen molar-refractivity contribution >= 4 is 40.0 Å².